The van der Waals surface area contributed by atoms with Gasteiger partial charge in [-0.2, -0.15) is 0 Å². The molecule has 3 amide bonds. The van der Waals surface area contributed by atoms with Gasteiger partial charge in [-0.05, 0) is 25.2 Å². The molecule has 21 heavy (non-hydrogen) atoms. The van der Waals surface area contributed by atoms with E-state index in [0.29, 0.717) is 25.6 Å². The largest absolute Gasteiger partial charge is 0.481 e. The number of carbonyl (C=O) groups excluding carboxylic acids is 2. The molecular weight excluding hydrogens is 274 g/mol. The van der Waals surface area contributed by atoms with Crippen molar-refractivity contribution >= 4 is 17.9 Å². The summed E-state index contributed by atoms with van der Waals surface area (Å²) in [5, 5.41) is 14.4. The van der Waals surface area contributed by atoms with Crippen molar-refractivity contribution < 1.29 is 19.5 Å². The van der Waals surface area contributed by atoms with E-state index in [-0.39, 0.29) is 24.3 Å². The summed E-state index contributed by atoms with van der Waals surface area (Å²) in [6, 6.07) is -0.807. The number of hydrogen-bond donors (Lipinski definition) is 3. The van der Waals surface area contributed by atoms with Crippen LogP contribution in [0.4, 0.5) is 4.79 Å². The maximum Gasteiger partial charge on any atom is 0.318 e. The summed E-state index contributed by atoms with van der Waals surface area (Å²) in [4.78, 5) is 36.0. The van der Waals surface area contributed by atoms with Gasteiger partial charge in [0.15, 0.2) is 0 Å². The highest BCUT2D eigenvalue weighted by molar-refractivity contribution is 5.87. The lowest BCUT2D eigenvalue weighted by Crippen LogP contribution is -2.58. The van der Waals surface area contributed by atoms with Gasteiger partial charge in [0.05, 0.1) is 0 Å². The highest BCUT2D eigenvalue weighted by atomic mass is 16.4. The Labute approximate surface area is 125 Å². The summed E-state index contributed by atoms with van der Waals surface area (Å²) in [6.45, 7) is 6.94. The standard InChI is InChI=1S/C14H25N3O4/c1-9(2)6-11(7-12(18)19)8-16-14(21)17-5-4-15-13(20)10(17)3/h9-11H,4-8H2,1-3H3,(H,15,20)(H,16,21)(H,18,19). The van der Waals surface area contributed by atoms with Crippen LogP contribution in [-0.2, 0) is 9.59 Å². The topological polar surface area (TPSA) is 98.7 Å². The second-order valence-electron chi connectivity index (χ2n) is 5.94. The van der Waals surface area contributed by atoms with Crippen LogP contribution in [0.3, 0.4) is 0 Å². The minimum absolute atomic E-state index is 0.0362. The molecule has 2 unspecified atom stereocenters. The van der Waals surface area contributed by atoms with Crippen LogP contribution in [0, 0.1) is 11.8 Å². The van der Waals surface area contributed by atoms with Crippen molar-refractivity contribution in [3.63, 3.8) is 0 Å². The zero-order valence-corrected chi connectivity index (χ0v) is 12.9. The lowest BCUT2D eigenvalue weighted by atomic mass is 9.94. The van der Waals surface area contributed by atoms with Crippen molar-refractivity contribution in [3.05, 3.63) is 0 Å². The number of nitrogens with zero attached hydrogens (tertiary/aromatic N) is 1. The predicted molar refractivity (Wildman–Crippen MR) is 77.8 cm³/mol. The van der Waals surface area contributed by atoms with Crippen LogP contribution in [0.2, 0.25) is 0 Å². The average Bonchev–Trinajstić information content (AvgIpc) is 2.37. The molecule has 0 saturated carbocycles. The molecule has 7 nitrogen and oxygen atoms in total. The van der Waals surface area contributed by atoms with Crippen LogP contribution in [0.1, 0.15) is 33.6 Å². The number of rotatable bonds is 6. The molecule has 1 rings (SSSR count). The smallest absolute Gasteiger partial charge is 0.318 e. The maximum atomic E-state index is 12.1. The van der Waals surface area contributed by atoms with Gasteiger partial charge in [0.2, 0.25) is 5.91 Å². The zero-order valence-electron chi connectivity index (χ0n) is 12.9. The summed E-state index contributed by atoms with van der Waals surface area (Å²) in [5.41, 5.74) is 0. The van der Waals surface area contributed by atoms with E-state index < -0.39 is 12.0 Å². The quantitative estimate of drug-likeness (QED) is 0.670. The van der Waals surface area contributed by atoms with Crippen LogP contribution < -0.4 is 10.6 Å². The molecule has 0 bridgehead atoms. The van der Waals surface area contributed by atoms with Gasteiger partial charge < -0.3 is 20.6 Å². The molecule has 1 aliphatic heterocycles. The van der Waals surface area contributed by atoms with Crippen molar-refractivity contribution in [1.82, 2.24) is 15.5 Å². The highest BCUT2D eigenvalue weighted by Crippen LogP contribution is 2.15. The summed E-state index contributed by atoms with van der Waals surface area (Å²) in [5.74, 6) is -0.757. The van der Waals surface area contributed by atoms with Crippen molar-refractivity contribution in [2.45, 2.75) is 39.7 Å². The number of carbonyl (C=O) groups is 3. The third-order valence-electron chi connectivity index (χ3n) is 3.57. The molecule has 0 aromatic heterocycles. The lowest BCUT2D eigenvalue weighted by Gasteiger charge is -2.33. The Kier molecular flexibility index (Phi) is 6.45. The molecule has 1 fully saturated rings. The number of aliphatic carboxylic acids is 1. The second kappa shape index (κ2) is 7.85. The molecule has 0 aromatic carbocycles. The van der Waals surface area contributed by atoms with Crippen LogP contribution >= 0.6 is 0 Å². The van der Waals surface area contributed by atoms with Crippen molar-refractivity contribution in [3.8, 4) is 0 Å². The minimum Gasteiger partial charge on any atom is -0.481 e. The summed E-state index contributed by atoms with van der Waals surface area (Å²) < 4.78 is 0. The van der Waals surface area contributed by atoms with Crippen LogP contribution in [0.25, 0.3) is 0 Å². The van der Waals surface area contributed by atoms with E-state index in [4.69, 9.17) is 5.11 Å². The monoisotopic (exact) mass is 299 g/mol. The van der Waals surface area contributed by atoms with Gasteiger partial charge in [-0.25, -0.2) is 4.79 Å². The number of amides is 3. The van der Waals surface area contributed by atoms with Crippen molar-refractivity contribution in [2.75, 3.05) is 19.6 Å². The summed E-state index contributed by atoms with van der Waals surface area (Å²) in [7, 11) is 0. The minimum atomic E-state index is -0.861. The molecule has 1 saturated heterocycles. The van der Waals surface area contributed by atoms with E-state index in [1.807, 2.05) is 13.8 Å². The first kappa shape index (κ1) is 17.3. The number of nitrogens with one attached hydrogen (secondary N) is 2. The van der Waals surface area contributed by atoms with Crippen LogP contribution in [-0.4, -0.2) is 53.6 Å². The lowest BCUT2D eigenvalue weighted by molar-refractivity contribution is -0.138. The number of piperazine rings is 1. The molecule has 7 heteroatoms. The number of carboxylic acid groups (broad SMARTS) is 1. The van der Waals surface area contributed by atoms with Crippen LogP contribution in [0.15, 0.2) is 0 Å². The van der Waals surface area contributed by atoms with E-state index in [2.05, 4.69) is 10.6 Å². The summed E-state index contributed by atoms with van der Waals surface area (Å²) >= 11 is 0. The molecule has 1 aliphatic rings. The fraction of sp³-hybridized carbons (Fsp3) is 0.786. The Morgan fingerprint density at radius 2 is 2.14 bits per heavy atom. The van der Waals surface area contributed by atoms with E-state index in [0.717, 1.165) is 6.42 Å². The second-order valence-corrected chi connectivity index (χ2v) is 5.94. The van der Waals surface area contributed by atoms with E-state index in [1.54, 1.807) is 6.92 Å². The van der Waals surface area contributed by atoms with Gasteiger partial charge in [0.1, 0.15) is 6.04 Å². The molecule has 3 N–H and O–H groups in total. The molecular formula is C14H25N3O4. The Balaban J connectivity index is 2.51. The third-order valence-corrected chi connectivity index (χ3v) is 3.57. The predicted octanol–water partition coefficient (Wildman–Crippen LogP) is 0.653. The highest BCUT2D eigenvalue weighted by Gasteiger charge is 2.29. The Morgan fingerprint density at radius 1 is 1.48 bits per heavy atom. The van der Waals surface area contributed by atoms with Gasteiger partial charge in [0, 0.05) is 26.1 Å². The first-order valence-electron chi connectivity index (χ1n) is 7.35. The first-order chi connectivity index (χ1) is 9.81. The Hall–Kier alpha value is -1.79. The normalized spacial score (nSPS) is 20.1. The number of urea groups is 1. The van der Waals surface area contributed by atoms with Gasteiger partial charge >= 0.3 is 12.0 Å². The van der Waals surface area contributed by atoms with Gasteiger partial charge in [0.25, 0.3) is 0 Å². The number of carboxylic acids is 1. The molecule has 0 aliphatic carbocycles. The van der Waals surface area contributed by atoms with Gasteiger partial charge in [-0.1, -0.05) is 13.8 Å². The Bertz CT molecular complexity index is 398. The molecule has 2 atom stereocenters. The zero-order chi connectivity index (χ0) is 16.0. The number of hydrogen-bond acceptors (Lipinski definition) is 3. The fourth-order valence-corrected chi connectivity index (χ4v) is 2.55. The average molecular weight is 299 g/mol. The molecule has 1 heterocycles. The third kappa shape index (κ3) is 5.61. The molecule has 0 radical (unpaired) electrons. The fourth-order valence-electron chi connectivity index (χ4n) is 2.55. The maximum absolute atomic E-state index is 12.1. The van der Waals surface area contributed by atoms with E-state index in [9.17, 15) is 14.4 Å². The Morgan fingerprint density at radius 3 is 2.71 bits per heavy atom. The van der Waals surface area contributed by atoms with Crippen LogP contribution in [0.5, 0.6) is 0 Å². The molecule has 120 valence electrons. The first-order valence-corrected chi connectivity index (χ1v) is 7.35. The van der Waals surface area contributed by atoms with Crippen molar-refractivity contribution in [2.24, 2.45) is 11.8 Å². The molecule has 0 spiro atoms. The summed E-state index contributed by atoms with van der Waals surface area (Å²) in [6.07, 6.45) is 0.775. The SMILES string of the molecule is CC(C)CC(CNC(=O)N1CCNC(=O)C1C)CC(=O)O. The van der Waals surface area contributed by atoms with Gasteiger partial charge in [-0.15, -0.1) is 0 Å². The van der Waals surface area contributed by atoms with E-state index in [1.165, 1.54) is 4.90 Å². The van der Waals surface area contributed by atoms with Crippen molar-refractivity contribution in [1.29, 1.82) is 0 Å². The molecule has 0 aromatic rings. The van der Waals surface area contributed by atoms with Gasteiger partial charge in [-0.3, -0.25) is 9.59 Å². The van der Waals surface area contributed by atoms with E-state index >= 15 is 0 Å².